The Kier molecular flexibility index (Phi) is 20.8. The van der Waals surface area contributed by atoms with Gasteiger partial charge in [0.05, 0.1) is 5.71 Å². The highest BCUT2D eigenvalue weighted by atomic mass is 35.5. The van der Waals surface area contributed by atoms with Gasteiger partial charge in [-0.1, -0.05) is 52.1 Å². The Balaban J connectivity index is 0.000000166. The molecule has 16 heteroatoms. The van der Waals surface area contributed by atoms with E-state index in [0.29, 0.717) is 70.8 Å². The zero-order valence-electron chi connectivity index (χ0n) is 44.7. The first-order valence-corrected chi connectivity index (χ1v) is 27.7. The zero-order valence-corrected chi connectivity index (χ0v) is 47.0. The largest absolute Gasteiger partial charge is 0.399 e. The predicted octanol–water partition coefficient (Wildman–Crippen LogP) is 13.2. The predicted molar refractivity (Wildman–Crippen MR) is 317 cm³/mol. The summed E-state index contributed by atoms with van der Waals surface area (Å²) in [5.41, 5.74) is 8.81. The van der Waals surface area contributed by atoms with E-state index in [-0.39, 0.29) is 41.1 Å². The lowest BCUT2D eigenvalue weighted by atomic mass is 9.88. The van der Waals surface area contributed by atoms with Gasteiger partial charge in [0, 0.05) is 143 Å². The number of nitrogens with zero attached hydrogens (tertiary/aromatic N) is 7. The number of anilines is 4. The third-order valence-electron chi connectivity index (χ3n) is 14.7. The van der Waals surface area contributed by atoms with Gasteiger partial charge >= 0.3 is 0 Å². The monoisotopic (exact) mass is 1120 g/mol. The average Bonchev–Trinajstić information content (AvgIpc) is 3.52. The van der Waals surface area contributed by atoms with Gasteiger partial charge in [-0.2, -0.15) is 0 Å². The lowest BCUT2D eigenvalue weighted by Crippen LogP contribution is -2.40. The van der Waals surface area contributed by atoms with Crippen molar-refractivity contribution < 1.29 is 24.0 Å². The number of amides is 2. The van der Waals surface area contributed by atoms with Crippen LogP contribution in [-0.4, -0.2) is 109 Å². The molecule has 3 aliphatic heterocycles. The topological polar surface area (TPSA) is 141 Å². The summed E-state index contributed by atoms with van der Waals surface area (Å²) in [6, 6.07) is 45.0. The molecule has 79 heavy (non-hydrogen) atoms. The van der Waals surface area contributed by atoms with E-state index < -0.39 is 0 Å². The molecule has 0 unspecified atom stereocenters. The molecule has 13 nitrogen and oxygen atoms in total. The first-order valence-electron chi connectivity index (χ1n) is 26.6. The number of benzene rings is 5. The molecule has 5 heterocycles. The lowest BCUT2D eigenvalue weighted by molar-refractivity contribution is 0.0650. The van der Waals surface area contributed by atoms with Crippen molar-refractivity contribution in [2.45, 2.75) is 38.5 Å². The summed E-state index contributed by atoms with van der Waals surface area (Å²) in [5.74, 6) is 0.819. The number of hydrogen-bond acceptors (Lipinski definition) is 11. The third kappa shape index (κ3) is 15.7. The molecule has 2 aromatic heterocycles. The van der Waals surface area contributed by atoms with Crippen molar-refractivity contribution in [3.8, 4) is 0 Å². The quantitative estimate of drug-likeness (QED) is 0.0674. The van der Waals surface area contributed by atoms with Gasteiger partial charge in [0.15, 0.2) is 11.6 Å². The molecule has 408 valence electrons. The fourth-order valence-corrected chi connectivity index (χ4v) is 10.4. The Labute approximate surface area is 478 Å². The fourth-order valence-electron chi connectivity index (χ4n) is 10.0. The molecule has 2 amide bonds. The van der Waals surface area contributed by atoms with E-state index in [1.807, 2.05) is 138 Å². The number of rotatable bonds is 13. The van der Waals surface area contributed by atoms with E-state index >= 15 is 0 Å². The van der Waals surface area contributed by atoms with Crippen LogP contribution < -0.4 is 15.1 Å². The number of Topliss-reactive ketones (excluding diaryl/α,β-unsaturated/α-hetero) is 2. The first kappa shape index (κ1) is 57.7. The van der Waals surface area contributed by atoms with E-state index in [4.69, 9.17) is 39.6 Å². The number of hydrogen-bond donors (Lipinski definition) is 1. The molecule has 0 spiro atoms. The molecular formula is C63H65Cl3N8O5. The lowest BCUT2D eigenvalue weighted by Gasteiger charge is -2.32. The van der Waals surface area contributed by atoms with E-state index in [1.165, 1.54) is 0 Å². The molecule has 0 bridgehead atoms. The van der Waals surface area contributed by atoms with Crippen LogP contribution in [0.25, 0.3) is 0 Å². The minimum Gasteiger partial charge on any atom is -0.399 e. The number of oxime groups is 1. The van der Waals surface area contributed by atoms with Crippen molar-refractivity contribution in [2.24, 2.45) is 22.9 Å². The maximum Gasteiger partial charge on any atom is 0.253 e. The zero-order chi connectivity index (χ0) is 55.7. The van der Waals surface area contributed by atoms with Crippen LogP contribution in [0, 0.1) is 17.8 Å². The van der Waals surface area contributed by atoms with Crippen LogP contribution in [0.2, 0.25) is 15.1 Å². The van der Waals surface area contributed by atoms with Crippen LogP contribution in [0.3, 0.4) is 0 Å². The van der Waals surface area contributed by atoms with E-state index in [2.05, 4.69) is 25.3 Å². The molecule has 10 rings (SSSR count). The number of carbonyl (C=O) groups excluding carboxylic acids is 4. The van der Waals surface area contributed by atoms with Crippen molar-refractivity contribution in [2.75, 3.05) is 70.3 Å². The number of nitrogens with one attached hydrogen (secondary N) is 1. The van der Waals surface area contributed by atoms with Crippen molar-refractivity contribution >= 4 is 86.6 Å². The third-order valence-corrected chi connectivity index (χ3v) is 15.5. The van der Waals surface area contributed by atoms with Gasteiger partial charge < -0.3 is 29.8 Å². The van der Waals surface area contributed by atoms with E-state index in [0.717, 1.165) is 78.4 Å². The summed E-state index contributed by atoms with van der Waals surface area (Å²) >= 11 is 17.7. The maximum atomic E-state index is 13.1. The van der Waals surface area contributed by atoms with Crippen LogP contribution in [0.5, 0.6) is 0 Å². The summed E-state index contributed by atoms with van der Waals surface area (Å²) in [4.78, 5) is 71.9. The summed E-state index contributed by atoms with van der Waals surface area (Å²) in [6.07, 6.45) is 12.0. The van der Waals surface area contributed by atoms with E-state index in [1.54, 1.807) is 68.3 Å². The molecule has 0 aliphatic carbocycles. The SMILES string of the molecule is CN(c1ccncc1)c1ccc(C(=O)N2CCC(C(=O)c3ccc(Cl)cc3)CC2)cc1.CON=C(c1ccc(Cl)cc1)C1CCN(C(=O)c2ccc(N(C)c3ccncc3)cc2)CC1.O=C(c1ccc(Cl)cc1)C1CCNCC1. The smallest absolute Gasteiger partial charge is 0.253 e. The Bertz CT molecular complexity index is 3110. The van der Waals surface area contributed by atoms with Crippen LogP contribution >= 0.6 is 34.8 Å². The normalized spacial score (nSPS) is 15.1. The minimum atomic E-state index is -0.0541. The highest BCUT2D eigenvalue weighted by Gasteiger charge is 2.30. The van der Waals surface area contributed by atoms with Gasteiger partial charge in [0.25, 0.3) is 11.8 Å². The second kappa shape index (κ2) is 28.5. The number of halogens is 3. The molecule has 0 saturated carbocycles. The molecule has 3 saturated heterocycles. The number of pyridine rings is 2. The van der Waals surface area contributed by atoms with Crippen molar-refractivity contribution in [1.82, 2.24) is 25.1 Å². The van der Waals surface area contributed by atoms with Crippen LogP contribution in [0.1, 0.15) is 85.5 Å². The standard InChI is InChI=1S/C26H27ClN4O2.C25H24ClN3O2.C12H14ClNO/c1-30(24-11-15-28-16-12-24)23-9-5-21(6-10-23)26(32)31-17-13-20(14-18-31)25(29-33-2)19-3-7-22(27)8-4-19;1-28(23-10-14-27-15-11-23)22-8-4-20(5-9-22)25(31)29-16-12-19(13-17-29)24(30)18-2-6-21(26)7-3-18;13-11-3-1-9(2-4-11)12(15)10-5-7-14-8-6-10/h3-12,15-16,20H,13-14,17-18H2,1-2H3;2-11,14-15,19H,12-13,16-17H2,1H3;1-4,10,14H,5-8H2. The van der Waals surface area contributed by atoms with Crippen LogP contribution in [0.4, 0.5) is 22.7 Å². The summed E-state index contributed by atoms with van der Waals surface area (Å²) in [5, 5.41) is 9.53. The van der Waals surface area contributed by atoms with Crippen molar-refractivity contribution in [3.05, 3.63) is 213 Å². The second-order valence-electron chi connectivity index (χ2n) is 19.7. The molecule has 3 fully saturated rings. The minimum absolute atomic E-state index is 0.00973. The van der Waals surface area contributed by atoms with Gasteiger partial charge in [-0.05, 0) is 191 Å². The van der Waals surface area contributed by atoms with Crippen LogP contribution in [0.15, 0.2) is 176 Å². The number of ketones is 2. The van der Waals surface area contributed by atoms with Crippen molar-refractivity contribution in [1.29, 1.82) is 0 Å². The highest BCUT2D eigenvalue weighted by molar-refractivity contribution is 6.31. The molecule has 1 N–H and O–H groups in total. The first-order chi connectivity index (χ1) is 38.4. The van der Waals surface area contributed by atoms with Crippen LogP contribution in [-0.2, 0) is 4.84 Å². The molecule has 3 aliphatic rings. The maximum absolute atomic E-state index is 13.1. The number of piperidine rings is 3. The molecule has 0 radical (unpaired) electrons. The van der Waals surface area contributed by atoms with E-state index in [9.17, 15) is 19.2 Å². The fraction of sp³-hybridized carbons (Fsp3) is 0.286. The number of carbonyl (C=O) groups is 4. The summed E-state index contributed by atoms with van der Waals surface area (Å²) in [7, 11) is 5.54. The molecule has 5 aromatic carbocycles. The highest BCUT2D eigenvalue weighted by Crippen LogP contribution is 2.29. The van der Waals surface area contributed by atoms with Gasteiger partial charge in [0.2, 0.25) is 0 Å². The molecule has 0 atom stereocenters. The van der Waals surface area contributed by atoms with Gasteiger partial charge in [-0.15, -0.1) is 0 Å². The van der Waals surface area contributed by atoms with Gasteiger partial charge in [0.1, 0.15) is 7.11 Å². The number of aromatic nitrogens is 2. The average molecular weight is 1120 g/mol. The second-order valence-corrected chi connectivity index (χ2v) is 21.0. The van der Waals surface area contributed by atoms with Gasteiger partial charge in [-0.25, -0.2) is 0 Å². The Morgan fingerprint density at radius 1 is 0.456 bits per heavy atom. The Morgan fingerprint density at radius 2 is 0.772 bits per heavy atom. The molecule has 7 aromatic rings. The summed E-state index contributed by atoms with van der Waals surface area (Å²) in [6.45, 7) is 4.42. The van der Waals surface area contributed by atoms with Gasteiger partial charge in [-0.3, -0.25) is 29.1 Å². The van der Waals surface area contributed by atoms with Crippen molar-refractivity contribution in [3.63, 3.8) is 0 Å². The number of likely N-dealkylation sites (tertiary alicyclic amines) is 2. The molecular weight excluding hydrogens is 1060 g/mol. The Morgan fingerprint density at radius 3 is 1.14 bits per heavy atom. The summed E-state index contributed by atoms with van der Waals surface area (Å²) < 4.78 is 0. The Hall–Kier alpha value is -7.42.